The van der Waals surface area contributed by atoms with E-state index < -0.39 is 6.10 Å². The van der Waals surface area contributed by atoms with Gasteiger partial charge in [0, 0.05) is 19.1 Å². The summed E-state index contributed by atoms with van der Waals surface area (Å²) in [6, 6.07) is 16.8. The molecule has 0 aliphatic carbocycles. The van der Waals surface area contributed by atoms with Gasteiger partial charge in [-0.3, -0.25) is 4.90 Å². The SMILES string of the molecule is Cc1ccc(CN(CC(O)COc2ccccc2C)C(C)C)cc1. The van der Waals surface area contributed by atoms with Gasteiger partial charge in [-0.05, 0) is 44.9 Å². The third-order valence-electron chi connectivity index (χ3n) is 4.21. The normalized spacial score (nSPS) is 12.6. The molecule has 0 spiro atoms. The predicted molar refractivity (Wildman–Crippen MR) is 99.4 cm³/mol. The first kappa shape index (κ1) is 18.5. The first-order valence-corrected chi connectivity index (χ1v) is 8.62. The molecule has 1 atom stereocenters. The third kappa shape index (κ3) is 5.66. The maximum Gasteiger partial charge on any atom is 0.122 e. The summed E-state index contributed by atoms with van der Waals surface area (Å²) < 4.78 is 5.77. The molecule has 1 unspecified atom stereocenters. The van der Waals surface area contributed by atoms with Crippen LogP contribution in [-0.4, -0.2) is 35.3 Å². The lowest BCUT2D eigenvalue weighted by atomic mass is 10.1. The van der Waals surface area contributed by atoms with Crippen LogP contribution in [0.1, 0.15) is 30.5 Å². The minimum atomic E-state index is -0.516. The Hall–Kier alpha value is -1.84. The molecule has 0 aromatic heterocycles. The van der Waals surface area contributed by atoms with Crippen LogP contribution in [0.3, 0.4) is 0 Å². The molecule has 2 aromatic rings. The molecule has 0 amide bonds. The lowest BCUT2D eigenvalue weighted by Crippen LogP contribution is -2.39. The number of benzene rings is 2. The number of hydrogen-bond donors (Lipinski definition) is 1. The first-order valence-electron chi connectivity index (χ1n) is 8.62. The zero-order valence-electron chi connectivity index (χ0n) is 15.2. The highest BCUT2D eigenvalue weighted by Crippen LogP contribution is 2.17. The zero-order chi connectivity index (χ0) is 17.5. The van der Waals surface area contributed by atoms with E-state index in [1.54, 1.807) is 0 Å². The lowest BCUT2D eigenvalue weighted by molar-refractivity contribution is 0.0541. The van der Waals surface area contributed by atoms with Gasteiger partial charge in [0.1, 0.15) is 18.5 Å². The molecule has 0 bridgehead atoms. The van der Waals surface area contributed by atoms with Crippen LogP contribution in [0.4, 0.5) is 0 Å². The Bertz CT molecular complexity index is 622. The molecule has 2 aromatic carbocycles. The van der Waals surface area contributed by atoms with Crippen LogP contribution in [0.15, 0.2) is 48.5 Å². The van der Waals surface area contributed by atoms with Crippen molar-refractivity contribution in [3.8, 4) is 5.75 Å². The second-order valence-electron chi connectivity index (χ2n) is 6.74. The van der Waals surface area contributed by atoms with Gasteiger partial charge < -0.3 is 9.84 Å². The Morgan fingerprint density at radius 3 is 2.29 bits per heavy atom. The van der Waals surface area contributed by atoms with E-state index >= 15 is 0 Å². The fourth-order valence-corrected chi connectivity index (χ4v) is 2.61. The maximum atomic E-state index is 10.4. The smallest absolute Gasteiger partial charge is 0.122 e. The van der Waals surface area contributed by atoms with Crippen LogP contribution in [0.2, 0.25) is 0 Å². The van der Waals surface area contributed by atoms with Gasteiger partial charge in [-0.15, -0.1) is 0 Å². The zero-order valence-corrected chi connectivity index (χ0v) is 15.2. The molecular formula is C21H29NO2. The molecule has 2 rings (SSSR count). The van der Waals surface area contributed by atoms with Gasteiger partial charge in [0.25, 0.3) is 0 Å². The van der Waals surface area contributed by atoms with Gasteiger partial charge in [-0.25, -0.2) is 0 Å². The number of aliphatic hydroxyl groups excluding tert-OH is 1. The van der Waals surface area contributed by atoms with Crippen LogP contribution in [-0.2, 0) is 6.54 Å². The molecule has 130 valence electrons. The third-order valence-corrected chi connectivity index (χ3v) is 4.21. The van der Waals surface area contributed by atoms with Crippen LogP contribution in [0.5, 0.6) is 5.75 Å². The van der Waals surface area contributed by atoms with Crippen LogP contribution >= 0.6 is 0 Å². The van der Waals surface area contributed by atoms with E-state index in [4.69, 9.17) is 4.74 Å². The molecule has 0 heterocycles. The summed E-state index contributed by atoms with van der Waals surface area (Å²) in [6.45, 7) is 10.2. The van der Waals surface area contributed by atoms with E-state index in [0.717, 1.165) is 17.9 Å². The Labute approximate surface area is 145 Å². The largest absolute Gasteiger partial charge is 0.491 e. The number of aryl methyl sites for hydroxylation is 2. The fourth-order valence-electron chi connectivity index (χ4n) is 2.61. The van der Waals surface area contributed by atoms with Gasteiger partial charge in [0.2, 0.25) is 0 Å². The van der Waals surface area contributed by atoms with Gasteiger partial charge in [0.05, 0.1) is 0 Å². The van der Waals surface area contributed by atoms with Crippen molar-refractivity contribution in [2.75, 3.05) is 13.2 Å². The van der Waals surface area contributed by atoms with Crippen LogP contribution in [0.25, 0.3) is 0 Å². The molecular weight excluding hydrogens is 298 g/mol. The van der Waals surface area contributed by atoms with E-state index in [9.17, 15) is 5.11 Å². The first-order chi connectivity index (χ1) is 11.5. The van der Waals surface area contributed by atoms with Crippen molar-refractivity contribution in [3.05, 3.63) is 65.2 Å². The van der Waals surface area contributed by atoms with E-state index in [0.29, 0.717) is 19.2 Å². The summed E-state index contributed by atoms with van der Waals surface area (Å²) in [6.07, 6.45) is -0.516. The number of aliphatic hydroxyl groups is 1. The molecule has 24 heavy (non-hydrogen) atoms. The van der Waals surface area contributed by atoms with Gasteiger partial charge in [0.15, 0.2) is 0 Å². The molecule has 3 nitrogen and oxygen atoms in total. The molecule has 0 saturated heterocycles. The van der Waals surface area contributed by atoms with E-state index in [1.807, 2.05) is 31.2 Å². The summed E-state index contributed by atoms with van der Waals surface area (Å²) >= 11 is 0. The topological polar surface area (TPSA) is 32.7 Å². The summed E-state index contributed by atoms with van der Waals surface area (Å²) in [7, 11) is 0. The summed E-state index contributed by atoms with van der Waals surface area (Å²) in [5, 5.41) is 10.4. The van der Waals surface area contributed by atoms with Crippen LogP contribution in [0, 0.1) is 13.8 Å². The second kappa shape index (κ2) is 8.86. The van der Waals surface area contributed by atoms with Gasteiger partial charge >= 0.3 is 0 Å². The predicted octanol–water partition coefficient (Wildman–Crippen LogP) is 3.95. The van der Waals surface area contributed by atoms with Gasteiger partial charge in [-0.1, -0.05) is 48.0 Å². The quantitative estimate of drug-likeness (QED) is 0.797. The van der Waals surface area contributed by atoms with Crippen molar-refractivity contribution < 1.29 is 9.84 Å². The monoisotopic (exact) mass is 327 g/mol. The summed E-state index contributed by atoms with van der Waals surface area (Å²) in [5.41, 5.74) is 3.62. The number of rotatable bonds is 8. The van der Waals surface area contributed by atoms with Crippen LogP contribution < -0.4 is 4.74 Å². The Balaban J connectivity index is 1.89. The molecule has 0 aliphatic heterocycles. The average molecular weight is 327 g/mol. The number of nitrogens with zero attached hydrogens (tertiary/aromatic N) is 1. The minimum Gasteiger partial charge on any atom is -0.491 e. The molecule has 0 aliphatic rings. The van der Waals surface area contributed by atoms with Gasteiger partial charge in [-0.2, -0.15) is 0 Å². The molecule has 0 radical (unpaired) electrons. The average Bonchev–Trinajstić information content (AvgIpc) is 2.55. The van der Waals surface area contributed by atoms with Crippen molar-refractivity contribution >= 4 is 0 Å². The highest BCUT2D eigenvalue weighted by atomic mass is 16.5. The lowest BCUT2D eigenvalue weighted by Gasteiger charge is -2.29. The summed E-state index contributed by atoms with van der Waals surface area (Å²) in [4.78, 5) is 2.27. The van der Waals surface area contributed by atoms with Crippen molar-refractivity contribution in [2.24, 2.45) is 0 Å². The van der Waals surface area contributed by atoms with Crippen molar-refractivity contribution in [2.45, 2.75) is 46.4 Å². The molecule has 0 fully saturated rings. The highest BCUT2D eigenvalue weighted by molar-refractivity contribution is 5.31. The Kier molecular flexibility index (Phi) is 6.83. The van der Waals surface area contributed by atoms with E-state index in [1.165, 1.54) is 11.1 Å². The van der Waals surface area contributed by atoms with E-state index in [2.05, 4.69) is 49.9 Å². The number of hydrogen-bond acceptors (Lipinski definition) is 3. The standard InChI is InChI=1S/C21H29NO2/c1-16(2)22(13-19-11-9-17(3)10-12-19)14-20(23)15-24-21-8-6-5-7-18(21)4/h5-12,16,20,23H,13-15H2,1-4H3. The molecule has 1 N–H and O–H groups in total. The highest BCUT2D eigenvalue weighted by Gasteiger charge is 2.16. The molecule has 3 heteroatoms. The fraction of sp³-hybridized carbons (Fsp3) is 0.429. The molecule has 0 saturated carbocycles. The van der Waals surface area contributed by atoms with Crippen molar-refractivity contribution in [3.63, 3.8) is 0 Å². The van der Waals surface area contributed by atoms with E-state index in [-0.39, 0.29) is 0 Å². The number of para-hydroxylation sites is 1. The van der Waals surface area contributed by atoms with Crippen molar-refractivity contribution in [1.82, 2.24) is 4.90 Å². The summed E-state index contributed by atoms with van der Waals surface area (Å²) in [5.74, 6) is 0.839. The van der Waals surface area contributed by atoms with Crippen molar-refractivity contribution in [1.29, 1.82) is 0 Å². The Morgan fingerprint density at radius 1 is 1.00 bits per heavy atom. The number of ether oxygens (including phenoxy) is 1. The minimum absolute atomic E-state index is 0.308. The maximum absolute atomic E-state index is 10.4. The second-order valence-corrected chi connectivity index (χ2v) is 6.74. The Morgan fingerprint density at radius 2 is 1.67 bits per heavy atom.